The topological polar surface area (TPSA) is 69.0 Å². The Kier molecular flexibility index (Phi) is 4.23. The SMILES string of the molecule is CCCCS(=O)(=O)c1c(C=O)cnn1CC. The summed E-state index contributed by atoms with van der Waals surface area (Å²) in [6.45, 7) is 4.15. The summed E-state index contributed by atoms with van der Waals surface area (Å²) in [6.07, 6.45) is 3.23. The second-order valence-electron chi connectivity index (χ2n) is 3.51. The molecule has 16 heavy (non-hydrogen) atoms. The number of hydrogen-bond acceptors (Lipinski definition) is 4. The van der Waals surface area contributed by atoms with Crippen molar-refractivity contribution < 1.29 is 13.2 Å². The Labute approximate surface area is 95.4 Å². The zero-order valence-electron chi connectivity index (χ0n) is 9.51. The number of unbranched alkanes of at least 4 members (excludes halogenated alkanes) is 1. The van der Waals surface area contributed by atoms with Crippen molar-refractivity contribution in [3.8, 4) is 0 Å². The van der Waals surface area contributed by atoms with Crippen LogP contribution >= 0.6 is 0 Å². The zero-order chi connectivity index (χ0) is 12.2. The molecular weight excluding hydrogens is 228 g/mol. The Balaban J connectivity index is 3.19. The van der Waals surface area contributed by atoms with Crippen molar-refractivity contribution in [1.82, 2.24) is 9.78 Å². The Hall–Kier alpha value is -1.17. The molecule has 0 amide bonds. The van der Waals surface area contributed by atoms with Crippen LogP contribution in [0.5, 0.6) is 0 Å². The van der Waals surface area contributed by atoms with Crippen LogP contribution in [-0.4, -0.2) is 30.2 Å². The highest BCUT2D eigenvalue weighted by Gasteiger charge is 2.23. The summed E-state index contributed by atoms with van der Waals surface area (Å²) < 4.78 is 25.3. The molecule has 0 N–H and O–H groups in total. The van der Waals surface area contributed by atoms with Gasteiger partial charge in [-0.05, 0) is 13.3 Å². The molecule has 0 saturated carbocycles. The van der Waals surface area contributed by atoms with E-state index in [1.54, 1.807) is 6.92 Å². The molecule has 0 radical (unpaired) electrons. The fraction of sp³-hybridized carbons (Fsp3) is 0.600. The normalized spacial score (nSPS) is 11.6. The van der Waals surface area contributed by atoms with Crippen LogP contribution in [-0.2, 0) is 16.4 Å². The van der Waals surface area contributed by atoms with Gasteiger partial charge in [0.2, 0.25) is 0 Å². The average molecular weight is 244 g/mol. The van der Waals surface area contributed by atoms with E-state index in [0.29, 0.717) is 19.3 Å². The highest BCUT2D eigenvalue weighted by atomic mass is 32.2. The molecule has 0 aliphatic carbocycles. The van der Waals surface area contributed by atoms with E-state index in [2.05, 4.69) is 5.10 Å². The van der Waals surface area contributed by atoms with Crippen LogP contribution in [0.3, 0.4) is 0 Å². The van der Waals surface area contributed by atoms with Gasteiger partial charge >= 0.3 is 0 Å². The van der Waals surface area contributed by atoms with Gasteiger partial charge in [-0.1, -0.05) is 13.3 Å². The van der Waals surface area contributed by atoms with Crippen LogP contribution in [0.4, 0.5) is 0 Å². The number of hydrogen-bond donors (Lipinski definition) is 0. The molecule has 0 aliphatic heterocycles. The molecule has 0 bridgehead atoms. The highest BCUT2D eigenvalue weighted by molar-refractivity contribution is 7.91. The molecule has 0 aliphatic rings. The van der Waals surface area contributed by atoms with E-state index in [1.807, 2.05) is 6.92 Å². The zero-order valence-corrected chi connectivity index (χ0v) is 10.3. The summed E-state index contributed by atoms with van der Waals surface area (Å²) in [5, 5.41) is 3.94. The van der Waals surface area contributed by atoms with Crippen LogP contribution in [0.2, 0.25) is 0 Å². The maximum absolute atomic E-state index is 12.0. The van der Waals surface area contributed by atoms with Crippen molar-refractivity contribution >= 4 is 16.1 Å². The van der Waals surface area contributed by atoms with Crippen molar-refractivity contribution in [2.45, 2.75) is 38.3 Å². The molecule has 6 heteroatoms. The van der Waals surface area contributed by atoms with Gasteiger partial charge in [-0.2, -0.15) is 5.10 Å². The first kappa shape index (κ1) is 12.9. The third kappa shape index (κ3) is 2.49. The van der Waals surface area contributed by atoms with Crippen LogP contribution < -0.4 is 0 Å². The minimum Gasteiger partial charge on any atom is -0.298 e. The minimum atomic E-state index is -3.40. The number of carbonyl (C=O) groups excluding carboxylic acids is 1. The largest absolute Gasteiger partial charge is 0.298 e. The van der Waals surface area contributed by atoms with Crippen molar-refractivity contribution in [3.63, 3.8) is 0 Å². The number of aldehydes is 1. The van der Waals surface area contributed by atoms with Gasteiger partial charge in [0.15, 0.2) is 21.1 Å². The van der Waals surface area contributed by atoms with E-state index < -0.39 is 9.84 Å². The van der Waals surface area contributed by atoms with Crippen LogP contribution in [0.25, 0.3) is 0 Å². The van der Waals surface area contributed by atoms with Crippen molar-refractivity contribution in [3.05, 3.63) is 11.8 Å². The van der Waals surface area contributed by atoms with Gasteiger partial charge in [0, 0.05) is 6.54 Å². The van der Waals surface area contributed by atoms with Crippen molar-refractivity contribution in [2.24, 2.45) is 0 Å². The molecule has 0 unspecified atom stereocenters. The molecule has 1 rings (SSSR count). The van der Waals surface area contributed by atoms with Crippen LogP contribution in [0, 0.1) is 0 Å². The number of aromatic nitrogens is 2. The lowest BCUT2D eigenvalue weighted by Crippen LogP contribution is -2.15. The van der Waals surface area contributed by atoms with Crippen LogP contribution in [0.1, 0.15) is 37.0 Å². The number of rotatable bonds is 6. The number of sulfone groups is 1. The summed E-state index contributed by atoms with van der Waals surface area (Å²) in [5.41, 5.74) is 0.151. The first-order chi connectivity index (χ1) is 7.56. The second-order valence-corrected chi connectivity index (χ2v) is 5.54. The molecular formula is C10H16N2O3S. The third-order valence-corrected chi connectivity index (χ3v) is 4.17. The summed E-state index contributed by atoms with van der Waals surface area (Å²) in [7, 11) is -3.40. The molecule has 0 atom stereocenters. The predicted octanol–water partition coefficient (Wildman–Crippen LogP) is 1.29. The van der Waals surface area contributed by atoms with Gasteiger partial charge in [0.25, 0.3) is 0 Å². The fourth-order valence-corrected chi connectivity index (χ4v) is 3.29. The predicted molar refractivity (Wildman–Crippen MR) is 60.2 cm³/mol. The van der Waals surface area contributed by atoms with Gasteiger partial charge in [0.05, 0.1) is 17.5 Å². The average Bonchev–Trinajstić information content (AvgIpc) is 2.70. The lowest BCUT2D eigenvalue weighted by atomic mass is 10.4. The Morgan fingerprint density at radius 2 is 2.12 bits per heavy atom. The molecule has 1 aromatic rings. The van der Waals surface area contributed by atoms with Gasteiger partial charge < -0.3 is 0 Å². The lowest BCUT2D eigenvalue weighted by molar-refractivity contribution is 0.112. The number of carbonyl (C=O) groups is 1. The minimum absolute atomic E-state index is 0.0541. The third-order valence-electron chi connectivity index (χ3n) is 2.31. The number of aryl methyl sites for hydroxylation is 1. The Morgan fingerprint density at radius 1 is 1.44 bits per heavy atom. The van der Waals surface area contributed by atoms with Gasteiger partial charge in [0.1, 0.15) is 0 Å². The maximum atomic E-state index is 12.0. The molecule has 5 nitrogen and oxygen atoms in total. The Bertz CT molecular complexity index is 462. The summed E-state index contributed by atoms with van der Waals surface area (Å²) in [4.78, 5) is 10.8. The molecule has 0 aromatic carbocycles. The van der Waals surface area contributed by atoms with Crippen molar-refractivity contribution in [1.29, 1.82) is 0 Å². The molecule has 0 spiro atoms. The lowest BCUT2D eigenvalue weighted by Gasteiger charge is -2.06. The van der Waals surface area contributed by atoms with E-state index >= 15 is 0 Å². The molecule has 1 aromatic heterocycles. The molecule has 1 heterocycles. The van der Waals surface area contributed by atoms with E-state index in [0.717, 1.165) is 6.42 Å². The maximum Gasteiger partial charge on any atom is 0.196 e. The van der Waals surface area contributed by atoms with E-state index in [-0.39, 0.29) is 16.3 Å². The van der Waals surface area contributed by atoms with E-state index in [4.69, 9.17) is 0 Å². The first-order valence-corrected chi connectivity index (χ1v) is 6.95. The Morgan fingerprint density at radius 3 is 2.62 bits per heavy atom. The van der Waals surface area contributed by atoms with Crippen molar-refractivity contribution in [2.75, 3.05) is 5.75 Å². The van der Waals surface area contributed by atoms with Gasteiger partial charge in [-0.25, -0.2) is 8.42 Å². The second kappa shape index (κ2) is 5.25. The standard InChI is InChI=1S/C10H16N2O3S/c1-3-5-6-16(14,15)10-9(8-13)7-11-12(10)4-2/h7-8H,3-6H2,1-2H3. The van der Waals surface area contributed by atoms with E-state index in [1.165, 1.54) is 10.9 Å². The molecule has 90 valence electrons. The quantitative estimate of drug-likeness (QED) is 0.707. The fourth-order valence-electron chi connectivity index (χ4n) is 1.47. The first-order valence-electron chi connectivity index (χ1n) is 5.30. The summed E-state index contributed by atoms with van der Waals surface area (Å²) in [6, 6.07) is 0. The smallest absolute Gasteiger partial charge is 0.196 e. The molecule has 0 fully saturated rings. The summed E-state index contributed by atoms with van der Waals surface area (Å²) in [5.74, 6) is 0.0655. The van der Waals surface area contributed by atoms with E-state index in [9.17, 15) is 13.2 Å². The monoisotopic (exact) mass is 244 g/mol. The number of nitrogens with zero attached hydrogens (tertiary/aromatic N) is 2. The van der Waals surface area contributed by atoms with Crippen LogP contribution in [0.15, 0.2) is 11.2 Å². The van der Waals surface area contributed by atoms with Gasteiger partial charge in [-0.15, -0.1) is 0 Å². The molecule has 0 saturated heterocycles. The highest BCUT2D eigenvalue weighted by Crippen LogP contribution is 2.16. The van der Waals surface area contributed by atoms with Gasteiger partial charge in [-0.3, -0.25) is 9.48 Å². The summed E-state index contributed by atoms with van der Waals surface area (Å²) >= 11 is 0.